The van der Waals surface area contributed by atoms with Gasteiger partial charge in [-0.05, 0) is 22.9 Å². The van der Waals surface area contributed by atoms with Crippen LogP contribution in [0.3, 0.4) is 0 Å². The first-order valence-electron chi connectivity index (χ1n) is 3.04. The topological polar surface area (TPSA) is 35.0 Å². The summed E-state index contributed by atoms with van der Waals surface area (Å²) in [7, 11) is 0. The van der Waals surface area contributed by atoms with Crippen molar-refractivity contribution < 1.29 is 4.74 Å². The van der Waals surface area contributed by atoms with Gasteiger partial charge in [0.1, 0.15) is 10.8 Å². The highest BCUT2D eigenvalue weighted by atomic mass is 79.9. The minimum Gasteiger partial charge on any atom is -0.477 e. The molecule has 3 nitrogen and oxygen atoms in total. The first-order valence-corrected chi connectivity index (χ1v) is 4.21. The average molecular weight is 237 g/mol. The van der Waals surface area contributed by atoms with Crippen molar-refractivity contribution in [2.24, 2.45) is 0 Å². The molecule has 0 atom stereocenters. The molecule has 60 valence electrons. The SMILES string of the molecule is CCOc1ncnc(Cl)c1Br. The molecule has 0 saturated carbocycles. The molecule has 0 unspecified atom stereocenters. The van der Waals surface area contributed by atoms with E-state index in [-0.39, 0.29) is 0 Å². The van der Waals surface area contributed by atoms with Crippen molar-refractivity contribution in [2.75, 3.05) is 6.61 Å². The lowest BCUT2D eigenvalue weighted by atomic mass is 10.6. The normalized spacial score (nSPS) is 9.73. The van der Waals surface area contributed by atoms with Crippen LogP contribution in [0.1, 0.15) is 6.92 Å². The quantitative estimate of drug-likeness (QED) is 0.740. The highest BCUT2D eigenvalue weighted by Gasteiger charge is 2.05. The summed E-state index contributed by atoms with van der Waals surface area (Å²) in [4.78, 5) is 7.61. The maximum Gasteiger partial charge on any atom is 0.232 e. The van der Waals surface area contributed by atoms with Crippen LogP contribution in [-0.2, 0) is 0 Å². The highest BCUT2D eigenvalue weighted by Crippen LogP contribution is 2.27. The minimum atomic E-state index is 0.364. The van der Waals surface area contributed by atoms with E-state index in [9.17, 15) is 0 Å². The summed E-state index contributed by atoms with van der Waals surface area (Å²) in [6.07, 6.45) is 1.36. The molecule has 0 bridgehead atoms. The van der Waals surface area contributed by atoms with Gasteiger partial charge in [-0.3, -0.25) is 0 Å². The third kappa shape index (κ3) is 2.04. The van der Waals surface area contributed by atoms with Crippen LogP contribution in [0.25, 0.3) is 0 Å². The summed E-state index contributed by atoms with van der Waals surface area (Å²) >= 11 is 8.87. The lowest BCUT2D eigenvalue weighted by Crippen LogP contribution is -1.96. The molecule has 0 N–H and O–H groups in total. The molecule has 0 fully saturated rings. The minimum absolute atomic E-state index is 0.364. The Morgan fingerprint density at radius 1 is 1.64 bits per heavy atom. The molecule has 0 aliphatic carbocycles. The predicted octanol–water partition coefficient (Wildman–Crippen LogP) is 2.29. The van der Waals surface area contributed by atoms with Gasteiger partial charge in [0.25, 0.3) is 0 Å². The number of nitrogens with zero attached hydrogens (tertiary/aromatic N) is 2. The van der Waals surface area contributed by atoms with Crippen molar-refractivity contribution in [3.05, 3.63) is 16.0 Å². The molecule has 1 aromatic heterocycles. The monoisotopic (exact) mass is 236 g/mol. The van der Waals surface area contributed by atoms with Crippen molar-refractivity contribution in [1.82, 2.24) is 9.97 Å². The zero-order valence-corrected chi connectivity index (χ0v) is 8.18. The van der Waals surface area contributed by atoms with Crippen LogP contribution < -0.4 is 4.74 Å². The Morgan fingerprint density at radius 3 is 3.00 bits per heavy atom. The zero-order valence-electron chi connectivity index (χ0n) is 5.84. The molecule has 0 aliphatic heterocycles. The Bertz CT molecular complexity index is 256. The van der Waals surface area contributed by atoms with Crippen LogP contribution in [0.2, 0.25) is 5.15 Å². The van der Waals surface area contributed by atoms with Gasteiger partial charge in [-0.1, -0.05) is 11.6 Å². The van der Waals surface area contributed by atoms with E-state index < -0.39 is 0 Å². The third-order valence-electron chi connectivity index (χ3n) is 0.996. The van der Waals surface area contributed by atoms with Crippen LogP contribution in [-0.4, -0.2) is 16.6 Å². The van der Waals surface area contributed by atoms with E-state index in [0.717, 1.165) is 0 Å². The summed E-state index contributed by atoms with van der Waals surface area (Å²) in [5, 5.41) is 0.364. The number of rotatable bonds is 2. The van der Waals surface area contributed by atoms with Crippen LogP contribution in [0.15, 0.2) is 10.8 Å². The van der Waals surface area contributed by atoms with Crippen molar-refractivity contribution in [2.45, 2.75) is 6.92 Å². The van der Waals surface area contributed by atoms with E-state index in [4.69, 9.17) is 16.3 Å². The Balaban J connectivity index is 2.96. The maximum atomic E-state index is 5.67. The molecular weight excluding hydrogens is 231 g/mol. The molecule has 5 heteroatoms. The van der Waals surface area contributed by atoms with E-state index >= 15 is 0 Å². The number of hydrogen-bond acceptors (Lipinski definition) is 3. The van der Waals surface area contributed by atoms with Gasteiger partial charge >= 0.3 is 0 Å². The Kier molecular flexibility index (Phi) is 3.08. The second-order valence-corrected chi connectivity index (χ2v) is 2.87. The Hall–Kier alpha value is -0.350. The summed E-state index contributed by atoms with van der Waals surface area (Å²) in [5.74, 6) is 0.479. The fraction of sp³-hybridized carbons (Fsp3) is 0.333. The third-order valence-corrected chi connectivity index (χ3v) is 2.23. The summed E-state index contributed by atoms with van der Waals surface area (Å²) in [6, 6.07) is 0. The molecule has 0 radical (unpaired) electrons. The van der Waals surface area contributed by atoms with Crippen molar-refractivity contribution >= 4 is 27.5 Å². The molecule has 0 spiro atoms. The number of hydrogen-bond donors (Lipinski definition) is 0. The molecule has 0 aliphatic rings. The molecule has 0 amide bonds. The standard InChI is InChI=1S/C6H6BrClN2O/c1-2-11-6-4(7)5(8)9-3-10-6/h3H,2H2,1H3. The van der Waals surface area contributed by atoms with Crippen LogP contribution in [0.4, 0.5) is 0 Å². The average Bonchev–Trinajstić information content (AvgIpc) is 1.99. The smallest absolute Gasteiger partial charge is 0.232 e. The van der Waals surface area contributed by atoms with Crippen molar-refractivity contribution in [3.63, 3.8) is 0 Å². The van der Waals surface area contributed by atoms with Gasteiger partial charge in [0.15, 0.2) is 5.15 Å². The van der Waals surface area contributed by atoms with Gasteiger partial charge in [0.05, 0.1) is 6.61 Å². The number of halogens is 2. The lowest BCUT2D eigenvalue weighted by Gasteiger charge is -2.03. The molecule has 11 heavy (non-hydrogen) atoms. The van der Waals surface area contributed by atoms with Gasteiger partial charge in [-0.15, -0.1) is 0 Å². The Labute approximate surface area is 77.9 Å². The fourth-order valence-corrected chi connectivity index (χ4v) is 1.01. The molecule has 1 heterocycles. The summed E-state index contributed by atoms with van der Waals surface area (Å²) in [5.41, 5.74) is 0. The molecule has 0 saturated heterocycles. The first kappa shape index (κ1) is 8.74. The fourth-order valence-electron chi connectivity index (χ4n) is 0.571. The molecule has 1 aromatic rings. The molecule has 1 rings (SSSR count). The van der Waals surface area contributed by atoms with Gasteiger partial charge < -0.3 is 4.74 Å². The first-order chi connectivity index (χ1) is 5.25. The Morgan fingerprint density at radius 2 is 2.36 bits per heavy atom. The largest absolute Gasteiger partial charge is 0.477 e. The van der Waals surface area contributed by atoms with E-state index in [1.54, 1.807) is 0 Å². The lowest BCUT2D eigenvalue weighted by molar-refractivity contribution is 0.324. The highest BCUT2D eigenvalue weighted by molar-refractivity contribution is 9.10. The maximum absolute atomic E-state index is 5.67. The summed E-state index contributed by atoms with van der Waals surface area (Å²) < 4.78 is 5.74. The van der Waals surface area contributed by atoms with Crippen molar-refractivity contribution in [1.29, 1.82) is 0 Å². The van der Waals surface area contributed by atoms with Gasteiger partial charge in [0.2, 0.25) is 5.88 Å². The van der Waals surface area contributed by atoms with E-state index in [1.807, 2.05) is 6.92 Å². The van der Waals surface area contributed by atoms with Crippen molar-refractivity contribution in [3.8, 4) is 5.88 Å². The molecular formula is C6H6BrClN2O. The van der Waals surface area contributed by atoms with E-state index in [1.165, 1.54) is 6.33 Å². The van der Waals surface area contributed by atoms with E-state index in [0.29, 0.717) is 22.1 Å². The van der Waals surface area contributed by atoms with E-state index in [2.05, 4.69) is 25.9 Å². The second kappa shape index (κ2) is 3.88. The van der Waals surface area contributed by atoms with Gasteiger partial charge in [0, 0.05) is 0 Å². The second-order valence-electron chi connectivity index (χ2n) is 1.72. The summed E-state index contributed by atoms with van der Waals surface area (Å²) in [6.45, 7) is 2.44. The van der Waals surface area contributed by atoms with Crippen LogP contribution in [0.5, 0.6) is 5.88 Å². The van der Waals surface area contributed by atoms with Gasteiger partial charge in [-0.2, -0.15) is 0 Å². The number of aromatic nitrogens is 2. The van der Waals surface area contributed by atoms with Gasteiger partial charge in [-0.25, -0.2) is 9.97 Å². The molecule has 0 aromatic carbocycles. The predicted molar refractivity (Wildman–Crippen MR) is 45.9 cm³/mol. The van der Waals surface area contributed by atoms with Crippen LogP contribution >= 0.6 is 27.5 Å². The zero-order chi connectivity index (χ0) is 8.27. The van der Waals surface area contributed by atoms with Crippen LogP contribution in [0, 0.1) is 0 Å². The number of ether oxygens (including phenoxy) is 1.